The molecule has 0 spiro atoms. The van der Waals surface area contributed by atoms with Gasteiger partial charge in [-0.05, 0) is 50.2 Å². The molecule has 0 unspecified atom stereocenters. The molecule has 0 aliphatic carbocycles. The van der Waals surface area contributed by atoms with Gasteiger partial charge in [0.1, 0.15) is 0 Å². The maximum Gasteiger partial charge on any atom is 0.337 e. The van der Waals surface area contributed by atoms with E-state index in [1.165, 1.54) is 12.1 Å². The molecule has 8 nitrogen and oxygen atoms in total. The summed E-state index contributed by atoms with van der Waals surface area (Å²) in [6.45, 7) is 6.74. The molecule has 1 aliphatic rings. The Morgan fingerprint density at radius 2 is 1.70 bits per heavy atom. The van der Waals surface area contributed by atoms with Crippen LogP contribution in [0.1, 0.15) is 37.7 Å². The van der Waals surface area contributed by atoms with Gasteiger partial charge < -0.3 is 19.3 Å². The number of anilines is 1. The number of carboxylic acid groups (broad SMARTS) is 1. The minimum Gasteiger partial charge on any atom is -0.478 e. The monoisotopic (exact) mass is 446 g/mol. The highest BCUT2D eigenvalue weighted by atomic mass is 16.5. The maximum atomic E-state index is 12.8. The number of amides is 1. The SMILES string of the molecule is Cc1ccc(C)n1-c1cc(C(=O)NN=Cc2ccccc2N2CCOCC2)ccc1C(=O)O. The first kappa shape index (κ1) is 22.3. The number of carboxylic acids is 1. The first-order valence-corrected chi connectivity index (χ1v) is 10.7. The van der Waals surface area contributed by atoms with Crippen LogP contribution in [0, 0.1) is 13.8 Å². The van der Waals surface area contributed by atoms with Gasteiger partial charge in [-0.25, -0.2) is 10.2 Å². The predicted octanol–water partition coefficient (Wildman–Crippen LogP) is 3.39. The number of carbonyl (C=O) groups is 2. The second-order valence-electron chi connectivity index (χ2n) is 7.85. The molecule has 1 aliphatic heterocycles. The number of aromatic nitrogens is 1. The molecule has 4 rings (SSSR count). The van der Waals surface area contributed by atoms with Gasteiger partial charge in [0.25, 0.3) is 5.91 Å². The Balaban J connectivity index is 1.56. The highest BCUT2D eigenvalue weighted by Crippen LogP contribution is 2.23. The molecule has 0 atom stereocenters. The third-order valence-corrected chi connectivity index (χ3v) is 5.66. The lowest BCUT2D eigenvalue weighted by atomic mass is 10.1. The van der Waals surface area contributed by atoms with Gasteiger partial charge in [0.15, 0.2) is 0 Å². The summed E-state index contributed by atoms with van der Waals surface area (Å²) < 4.78 is 7.25. The van der Waals surface area contributed by atoms with E-state index in [1.54, 1.807) is 12.3 Å². The van der Waals surface area contributed by atoms with Gasteiger partial charge >= 0.3 is 5.97 Å². The molecule has 2 heterocycles. The van der Waals surface area contributed by atoms with Crippen molar-refractivity contribution in [3.63, 3.8) is 0 Å². The van der Waals surface area contributed by atoms with Crippen molar-refractivity contribution in [2.75, 3.05) is 31.2 Å². The van der Waals surface area contributed by atoms with Gasteiger partial charge in [0.2, 0.25) is 0 Å². The molecule has 0 radical (unpaired) electrons. The lowest BCUT2D eigenvalue weighted by Gasteiger charge is -2.29. The fourth-order valence-corrected chi connectivity index (χ4v) is 4.00. The number of nitrogens with one attached hydrogen (secondary N) is 1. The standard InChI is InChI=1S/C25H26N4O4/c1-17-7-8-18(2)29(17)23-15-19(9-10-21(23)25(31)32)24(30)27-26-16-20-5-3-4-6-22(20)28-11-13-33-14-12-28/h3-10,15-16H,11-14H2,1-2H3,(H,27,30)(H,31,32). The van der Waals surface area contributed by atoms with Crippen LogP contribution in [-0.4, -0.2) is 54.1 Å². The molecule has 1 amide bonds. The summed E-state index contributed by atoms with van der Waals surface area (Å²) in [7, 11) is 0. The number of hydrogen-bond acceptors (Lipinski definition) is 5. The molecule has 1 saturated heterocycles. The Morgan fingerprint density at radius 1 is 1.00 bits per heavy atom. The zero-order valence-corrected chi connectivity index (χ0v) is 18.6. The number of benzene rings is 2. The summed E-state index contributed by atoms with van der Waals surface area (Å²) in [5.41, 5.74) is 7.12. The minimum absolute atomic E-state index is 0.122. The van der Waals surface area contributed by atoms with E-state index in [4.69, 9.17) is 4.74 Å². The van der Waals surface area contributed by atoms with Crippen molar-refractivity contribution in [2.24, 2.45) is 5.10 Å². The van der Waals surface area contributed by atoms with Crippen LogP contribution in [0.4, 0.5) is 5.69 Å². The maximum absolute atomic E-state index is 12.8. The van der Waals surface area contributed by atoms with Crippen LogP contribution in [0.5, 0.6) is 0 Å². The van der Waals surface area contributed by atoms with Gasteiger partial charge in [-0.15, -0.1) is 0 Å². The van der Waals surface area contributed by atoms with Crippen LogP contribution < -0.4 is 10.3 Å². The van der Waals surface area contributed by atoms with Gasteiger partial charge in [-0.2, -0.15) is 5.10 Å². The van der Waals surface area contributed by atoms with E-state index in [9.17, 15) is 14.7 Å². The zero-order valence-electron chi connectivity index (χ0n) is 18.6. The molecular formula is C25H26N4O4. The largest absolute Gasteiger partial charge is 0.478 e. The van der Waals surface area contributed by atoms with Crippen molar-refractivity contribution in [2.45, 2.75) is 13.8 Å². The Labute approximate surface area is 192 Å². The van der Waals surface area contributed by atoms with Crippen LogP contribution in [-0.2, 0) is 4.74 Å². The molecule has 33 heavy (non-hydrogen) atoms. The molecule has 2 N–H and O–H groups in total. The normalized spacial score (nSPS) is 13.9. The molecule has 0 saturated carbocycles. The van der Waals surface area contributed by atoms with Crippen LogP contribution >= 0.6 is 0 Å². The Morgan fingerprint density at radius 3 is 2.39 bits per heavy atom. The van der Waals surface area contributed by atoms with Crippen LogP contribution in [0.3, 0.4) is 0 Å². The average Bonchev–Trinajstić information content (AvgIpc) is 3.17. The number of aryl methyl sites for hydroxylation is 2. The number of nitrogens with zero attached hydrogens (tertiary/aromatic N) is 3. The van der Waals surface area contributed by atoms with Crippen molar-refractivity contribution in [3.8, 4) is 5.69 Å². The van der Waals surface area contributed by atoms with Crippen LogP contribution in [0.15, 0.2) is 59.7 Å². The van der Waals surface area contributed by atoms with Crippen LogP contribution in [0.2, 0.25) is 0 Å². The van der Waals surface area contributed by atoms with E-state index in [0.717, 1.165) is 35.7 Å². The second kappa shape index (κ2) is 9.70. The fraction of sp³-hybridized carbons (Fsp3) is 0.240. The molecule has 0 bridgehead atoms. The van der Waals surface area contributed by atoms with Crippen molar-refractivity contribution in [1.82, 2.24) is 9.99 Å². The number of para-hydroxylation sites is 1. The van der Waals surface area contributed by atoms with Gasteiger partial charge in [0, 0.05) is 41.3 Å². The summed E-state index contributed by atoms with van der Waals surface area (Å²) in [6, 6.07) is 16.2. The summed E-state index contributed by atoms with van der Waals surface area (Å²) in [5, 5.41) is 13.8. The smallest absolute Gasteiger partial charge is 0.337 e. The van der Waals surface area contributed by atoms with E-state index < -0.39 is 11.9 Å². The summed E-state index contributed by atoms with van der Waals surface area (Å²) in [6.07, 6.45) is 1.62. The number of aromatic carboxylic acids is 1. The number of rotatable bonds is 6. The lowest BCUT2D eigenvalue weighted by molar-refractivity contribution is 0.0696. The second-order valence-corrected chi connectivity index (χ2v) is 7.85. The van der Waals surface area contributed by atoms with Gasteiger partial charge in [-0.1, -0.05) is 18.2 Å². The number of hydrazone groups is 1. The van der Waals surface area contributed by atoms with Crippen molar-refractivity contribution in [1.29, 1.82) is 0 Å². The summed E-state index contributed by atoms with van der Waals surface area (Å²) in [5.74, 6) is -1.47. The van der Waals surface area contributed by atoms with E-state index in [-0.39, 0.29) is 5.56 Å². The first-order valence-electron chi connectivity index (χ1n) is 10.7. The quantitative estimate of drug-likeness (QED) is 0.447. The Kier molecular flexibility index (Phi) is 6.55. The first-order chi connectivity index (χ1) is 16.0. The third-order valence-electron chi connectivity index (χ3n) is 5.66. The number of morpholine rings is 1. The molecule has 3 aromatic rings. The highest BCUT2D eigenvalue weighted by molar-refractivity contribution is 5.99. The third kappa shape index (κ3) is 4.80. The average molecular weight is 447 g/mol. The van der Waals surface area contributed by atoms with Crippen molar-refractivity contribution < 1.29 is 19.4 Å². The van der Waals surface area contributed by atoms with Crippen molar-refractivity contribution >= 4 is 23.8 Å². The number of ether oxygens (including phenoxy) is 1. The van der Waals surface area contributed by atoms with E-state index in [1.807, 2.05) is 54.8 Å². The summed E-state index contributed by atoms with van der Waals surface area (Å²) in [4.78, 5) is 26.8. The van der Waals surface area contributed by atoms with Gasteiger partial charge in [0.05, 0.1) is 30.7 Å². The van der Waals surface area contributed by atoms with Crippen molar-refractivity contribution in [3.05, 3.63) is 82.7 Å². The van der Waals surface area contributed by atoms with Crippen LogP contribution in [0.25, 0.3) is 5.69 Å². The lowest BCUT2D eigenvalue weighted by Crippen LogP contribution is -2.36. The molecule has 1 aromatic heterocycles. The van der Waals surface area contributed by atoms with E-state index in [2.05, 4.69) is 15.4 Å². The minimum atomic E-state index is -1.05. The molecule has 2 aromatic carbocycles. The zero-order chi connectivity index (χ0) is 23.4. The molecule has 1 fully saturated rings. The summed E-state index contributed by atoms with van der Waals surface area (Å²) >= 11 is 0. The predicted molar refractivity (Wildman–Crippen MR) is 127 cm³/mol. The Bertz CT molecular complexity index is 1190. The fourth-order valence-electron chi connectivity index (χ4n) is 4.00. The molecule has 8 heteroatoms. The number of carbonyl (C=O) groups excluding carboxylic acids is 1. The van der Waals surface area contributed by atoms with E-state index >= 15 is 0 Å². The van der Waals surface area contributed by atoms with Gasteiger partial charge in [-0.3, -0.25) is 4.79 Å². The molecular weight excluding hydrogens is 420 g/mol. The molecule has 170 valence electrons. The number of hydrogen-bond donors (Lipinski definition) is 2. The topological polar surface area (TPSA) is 96.2 Å². The highest BCUT2D eigenvalue weighted by Gasteiger charge is 2.18. The Hall–Kier alpha value is -3.91. The van der Waals surface area contributed by atoms with E-state index in [0.29, 0.717) is 24.5 Å².